The molecule has 0 aliphatic heterocycles. The quantitative estimate of drug-likeness (QED) is 0.469. The number of amides is 1. The van der Waals surface area contributed by atoms with Crippen molar-refractivity contribution in [1.29, 1.82) is 0 Å². The second kappa shape index (κ2) is 8.78. The lowest BCUT2D eigenvalue weighted by Crippen LogP contribution is -2.14. The van der Waals surface area contributed by atoms with E-state index in [1.807, 2.05) is 19.1 Å². The first-order chi connectivity index (χ1) is 13.4. The minimum atomic E-state index is -0.483. The lowest BCUT2D eigenvalue weighted by atomic mass is 10.0. The van der Waals surface area contributed by atoms with Crippen LogP contribution in [0.2, 0.25) is 10.0 Å². The highest BCUT2D eigenvalue weighted by atomic mass is 35.5. The van der Waals surface area contributed by atoms with Gasteiger partial charge in [-0.05, 0) is 55.8 Å². The number of thiophene rings is 1. The van der Waals surface area contributed by atoms with Gasteiger partial charge in [0.05, 0.1) is 6.61 Å². The number of nitrogens with one attached hydrogen (secondary N) is 1. The molecule has 3 aromatic rings. The number of halogens is 2. The Balaban J connectivity index is 2.04. The van der Waals surface area contributed by atoms with E-state index < -0.39 is 5.97 Å². The van der Waals surface area contributed by atoms with Crippen molar-refractivity contribution in [2.75, 3.05) is 11.9 Å². The van der Waals surface area contributed by atoms with Gasteiger partial charge in [0, 0.05) is 26.0 Å². The zero-order valence-electron chi connectivity index (χ0n) is 15.2. The molecule has 0 saturated heterocycles. The maximum atomic E-state index is 12.7. The molecular formula is C21H17Cl2NO3S. The Morgan fingerprint density at radius 3 is 2.14 bits per heavy atom. The Morgan fingerprint density at radius 2 is 1.57 bits per heavy atom. The number of ether oxygens (including phenoxy) is 1. The summed E-state index contributed by atoms with van der Waals surface area (Å²) in [6.45, 7) is 3.87. The van der Waals surface area contributed by atoms with Gasteiger partial charge < -0.3 is 10.1 Å². The molecule has 144 valence electrons. The second-order valence-electron chi connectivity index (χ2n) is 5.93. The third-order valence-corrected chi connectivity index (χ3v) is 5.55. The fourth-order valence-electron chi connectivity index (χ4n) is 2.77. The summed E-state index contributed by atoms with van der Waals surface area (Å²) in [6, 6.07) is 13.7. The molecule has 2 aromatic carbocycles. The fraction of sp³-hybridized carbons (Fsp3) is 0.143. The first-order valence-electron chi connectivity index (χ1n) is 8.54. The van der Waals surface area contributed by atoms with Gasteiger partial charge in [0.2, 0.25) is 0 Å². The van der Waals surface area contributed by atoms with E-state index in [4.69, 9.17) is 27.9 Å². The van der Waals surface area contributed by atoms with E-state index in [1.165, 1.54) is 11.3 Å². The van der Waals surface area contributed by atoms with Crippen LogP contribution in [0, 0.1) is 6.92 Å². The number of anilines is 1. The number of carbonyl (C=O) groups is 2. The maximum Gasteiger partial charge on any atom is 0.341 e. The molecule has 0 bridgehead atoms. The summed E-state index contributed by atoms with van der Waals surface area (Å²) in [6.07, 6.45) is 0. The fourth-order valence-corrected chi connectivity index (χ4v) is 4.08. The van der Waals surface area contributed by atoms with Crippen molar-refractivity contribution < 1.29 is 14.3 Å². The first-order valence-corrected chi connectivity index (χ1v) is 10.1. The first kappa shape index (κ1) is 20.4. The monoisotopic (exact) mass is 433 g/mol. The molecule has 1 amide bonds. The van der Waals surface area contributed by atoms with Crippen LogP contribution in [0.25, 0.3) is 11.1 Å². The van der Waals surface area contributed by atoms with Crippen LogP contribution in [-0.4, -0.2) is 18.5 Å². The van der Waals surface area contributed by atoms with Crippen molar-refractivity contribution in [3.05, 3.63) is 74.6 Å². The lowest BCUT2D eigenvalue weighted by Gasteiger charge is -2.09. The van der Waals surface area contributed by atoms with Crippen molar-refractivity contribution >= 4 is 51.4 Å². The minimum absolute atomic E-state index is 0.234. The molecule has 4 nitrogen and oxygen atoms in total. The molecule has 0 fully saturated rings. The van der Waals surface area contributed by atoms with Crippen molar-refractivity contribution in [3.8, 4) is 11.1 Å². The number of rotatable bonds is 5. The van der Waals surface area contributed by atoms with Crippen LogP contribution in [-0.2, 0) is 4.74 Å². The van der Waals surface area contributed by atoms with Gasteiger partial charge >= 0.3 is 5.97 Å². The minimum Gasteiger partial charge on any atom is -0.462 e. The van der Waals surface area contributed by atoms with E-state index in [-0.39, 0.29) is 12.5 Å². The van der Waals surface area contributed by atoms with Gasteiger partial charge in [0.25, 0.3) is 5.91 Å². The Bertz CT molecular complexity index is 1010. The summed E-state index contributed by atoms with van der Waals surface area (Å²) in [5.74, 6) is -0.811. The summed E-state index contributed by atoms with van der Waals surface area (Å²) in [5, 5.41) is 4.43. The molecule has 1 aromatic heterocycles. The zero-order valence-corrected chi connectivity index (χ0v) is 17.5. The van der Waals surface area contributed by atoms with Crippen LogP contribution < -0.4 is 5.32 Å². The molecule has 28 heavy (non-hydrogen) atoms. The number of carbonyl (C=O) groups excluding carboxylic acids is 2. The third-order valence-electron chi connectivity index (χ3n) is 4.03. The van der Waals surface area contributed by atoms with Crippen molar-refractivity contribution in [3.63, 3.8) is 0 Å². The Morgan fingerprint density at radius 1 is 1.00 bits per heavy atom. The van der Waals surface area contributed by atoms with Gasteiger partial charge in [-0.2, -0.15) is 0 Å². The maximum absolute atomic E-state index is 12.7. The van der Waals surface area contributed by atoms with E-state index in [2.05, 4.69) is 5.32 Å². The molecule has 1 heterocycles. The number of hydrogen-bond donors (Lipinski definition) is 1. The molecule has 0 aliphatic rings. The van der Waals surface area contributed by atoms with Crippen molar-refractivity contribution in [1.82, 2.24) is 0 Å². The van der Waals surface area contributed by atoms with E-state index in [9.17, 15) is 9.59 Å². The smallest absolute Gasteiger partial charge is 0.341 e. The molecule has 0 unspecified atom stereocenters. The molecule has 0 aliphatic carbocycles. The highest BCUT2D eigenvalue weighted by Crippen LogP contribution is 2.40. The summed E-state index contributed by atoms with van der Waals surface area (Å²) in [5.41, 5.74) is 2.34. The van der Waals surface area contributed by atoms with Crippen molar-refractivity contribution in [2.45, 2.75) is 13.8 Å². The lowest BCUT2D eigenvalue weighted by molar-refractivity contribution is 0.0529. The van der Waals surface area contributed by atoms with Gasteiger partial charge in [-0.1, -0.05) is 35.3 Å². The number of aryl methyl sites for hydroxylation is 1. The standard InChI is InChI=1S/C21H17Cl2NO3S/c1-3-27-21(26)18-17(13-4-8-15(22)9-5-13)12(2)28-20(18)24-19(25)14-6-10-16(23)11-7-14/h4-11H,3H2,1-2H3,(H,24,25). The summed E-state index contributed by atoms with van der Waals surface area (Å²) < 4.78 is 5.24. The molecule has 3 rings (SSSR count). The largest absolute Gasteiger partial charge is 0.462 e. The van der Waals surface area contributed by atoms with E-state index in [0.717, 1.165) is 16.0 Å². The van der Waals surface area contributed by atoms with Crippen LogP contribution in [0.3, 0.4) is 0 Å². The number of esters is 1. The van der Waals surface area contributed by atoms with Gasteiger partial charge in [-0.25, -0.2) is 4.79 Å². The third kappa shape index (κ3) is 4.38. The van der Waals surface area contributed by atoms with Gasteiger partial charge in [-0.3, -0.25) is 4.79 Å². The second-order valence-corrected chi connectivity index (χ2v) is 8.02. The normalized spacial score (nSPS) is 10.6. The molecular weight excluding hydrogens is 417 g/mol. The molecule has 0 radical (unpaired) electrons. The summed E-state index contributed by atoms with van der Waals surface area (Å²) in [7, 11) is 0. The Labute approximate surface area is 177 Å². The van der Waals surface area contributed by atoms with Gasteiger partial charge in [-0.15, -0.1) is 11.3 Å². The highest BCUT2D eigenvalue weighted by Gasteiger charge is 2.25. The molecule has 0 atom stereocenters. The molecule has 7 heteroatoms. The Kier molecular flexibility index (Phi) is 6.39. The van der Waals surface area contributed by atoms with Crippen molar-refractivity contribution in [2.24, 2.45) is 0 Å². The van der Waals surface area contributed by atoms with E-state index in [1.54, 1.807) is 43.3 Å². The summed E-state index contributed by atoms with van der Waals surface area (Å²) in [4.78, 5) is 26.2. The van der Waals surface area contributed by atoms with Crippen LogP contribution >= 0.6 is 34.5 Å². The topological polar surface area (TPSA) is 55.4 Å². The van der Waals surface area contributed by atoms with Gasteiger partial charge in [0.1, 0.15) is 10.6 Å². The molecule has 0 spiro atoms. The number of hydrogen-bond acceptors (Lipinski definition) is 4. The Hall–Kier alpha value is -2.34. The van der Waals surface area contributed by atoms with E-state index >= 15 is 0 Å². The predicted molar refractivity (Wildman–Crippen MR) is 115 cm³/mol. The average Bonchev–Trinajstić information content (AvgIpc) is 2.99. The van der Waals surface area contributed by atoms with Crippen LogP contribution in [0.1, 0.15) is 32.5 Å². The summed E-state index contributed by atoms with van der Waals surface area (Å²) >= 11 is 13.2. The van der Waals surface area contributed by atoms with Crippen LogP contribution in [0.4, 0.5) is 5.00 Å². The average molecular weight is 434 g/mol. The molecule has 0 saturated carbocycles. The van der Waals surface area contributed by atoms with Gasteiger partial charge in [0.15, 0.2) is 0 Å². The molecule has 1 N–H and O–H groups in total. The number of benzene rings is 2. The zero-order chi connectivity index (χ0) is 20.3. The highest BCUT2D eigenvalue weighted by molar-refractivity contribution is 7.17. The van der Waals surface area contributed by atoms with Crippen LogP contribution in [0.5, 0.6) is 0 Å². The predicted octanol–water partition coefficient (Wildman–Crippen LogP) is 6.46. The van der Waals surface area contributed by atoms with E-state index in [0.29, 0.717) is 26.2 Å². The van der Waals surface area contributed by atoms with Crippen LogP contribution in [0.15, 0.2) is 48.5 Å². The SMILES string of the molecule is CCOC(=O)c1c(NC(=O)c2ccc(Cl)cc2)sc(C)c1-c1ccc(Cl)cc1.